The van der Waals surface area contributed by atoms with Crippen LogP contribution in [0.2, 0.25) is 0 Å². The van der Waals surface area contributed by atoms with Crippen molar-refractivity contribution in [1.29, 1.82) is 0 Å². The molecule has 0 atom stereocenters. The van der Waals surface area contributed by atoms with Crippen LogP contribution in [-0.2, 0) is 9.59 Å². The van der Waals surface area contributed by atoms with Gasteiger partial charge < -0.3 is 5.11 Å². The summed E-state index contributed by atoms with van der Waals surface area (Å²) in [6.45, 7) is 4.51. The van der Waals surface area contributed by atoms with E-state index in [1.165, 1.54) is 38.5 Å². The first-order chi connectivity index (χ1) is 8.77. The van der Waals surface area contributed by atoms with Gasteiger partial charge in [0, 0.05) is 0 Å². The predicted molar refractivity (Wildman–Crippen MR) is 66.1 cm³/mol. The number of carboxylic acid groups (broad SMARTS) is 1. The highest BCUT2D eigenvalue weighted by Crippen LogP contribution is 2.13. The molecule has 0 aliphatic rings. The number of nitrogens with one attached hydrogen (secondary N) is 1. The van der Waals surface area contributed by atoms with E-state index >= 15 is 0 Å². The van der Waals surface area contributed by atoms with Crippen LogP contribution in [0.25, 0.3) is 0 Å². The van der Waals surface area contributed by atoms with E-state index < -0.39 is 12.1 Å². The first-order valence-corrected chi connectivity index (χ1v) is 5.97. The summed E-state index contributed by atoms with van der Waals surface area (Å²) in [5, 5.41) is 7.12. The Morgan fingerprint density at radius 2 is 1.42 bits per heavy atom. The number of nitrogens with two attached hydrogens (primary N) is 1. The van der Waals surface area contributed by atoms with Crippen LogP contribution in [0.3, 0.4) is 0 Å². The lowest BCUT2D eigenvalue weighted by molar-refractivity contribution is -0.192. The lowest BCUT2D eigenvalue weighted by Crippen LogP contribution is -2.21. The van der Waals surface area contributed by atoms with Crippen molar-refractivity contribution < 1.29 is 27.9 Å². The molecule has 0 aromatic heterocycles. The van der Waals surface area contributed by atoms with Crippen molar-refractivity contribution in [3.8, 4) is 0 Å². The van der Waals surface area contributed by atoms with Crippen molar-refractivity contribution in [3.63, 3.8) is 0 Å². The third-order valence-corrected chi connectivity index (χ3v) is 1.77. The second kappa shape index (κ2) is 16.7. The van der Waals surface area contributed by atoms with E-state index in [9.17, 15) is 13.2 Å². The molecule has 116 valence electrons. The van der Waals surface area contributed by atoms with Crippen molar-refractivity contribution in [2.75, 3.05) is 0 Å². The molecule has 0 rings (SSSR count). The number of alkyl halides is 3. The summed E-state index contributed by atoms with van der Waals surface area (Å²) >= 11 is 0. The van der Waals surface area contributed by atoms with Gasteiger partial charge in [0.2, 0.25) is 6.41 Å². The van der Waals surface area contributed by atoms with Crippen LogP contribution < -0.4 is 11.3 Å². The maximum absolute atomic E-state index is 10.6. The van der Waals surface area contributed by atoms with Gasteiger partial charge in [-0.3, -0.25) is 10.2 Å². The minimum Gasteiger partial charge on any atom is -0.475 e. The summed E-state index contributed by atoms with van der Waals surface area (Å²) in [7, 11) is 0. The van der Waals surface area contributed by atoms with E-state index in [0.29, 0.717) is 6.41 Å². The van der Waals surface area contributed by atoms with E-state index in [0.717, 1.165) is 0 Å². The third kappa shape index (κ3) is 31.5. The molecule has 0 aliphatic carbocycles. The molecule has 0 aromatic carbocycles. The average molecular weight is 288 g/mol. The minimum atomic E-state index is -5.08. The van der Waals surface area contributed by atoms with Crippen LogP contribution in [0.5, 0.6) is 0 Å². The zero-order valence-corrected chi connectivity index (χ0v) is 11.3. The van der Waals surface area contributed by atoms with Gasteiger partial charge in [-0.1, -0.05) is 52.4 Å². The number of carboxylic acids is 1. The van der Waals surface area contributed by atoms with Crippen molar-refractivity contribution >= 4 is 12.4 Å². The van der Waals surface area contributed by atoms with Gasteiger partial charge >= 0.3 is 12.1 Å². The highest BCUT2D eigenvalue weighted by Gasteiger charge is 2.38. The van der Waals surface area contributed by atoms with Crippen molar-refractivity contribution in [3.05, 3.63) is 0 Å². The number of carbonyl (C=O) groups excluding carboxylic acids is 1. The quantitative estimate of drug-likeness (QED) is 0.230. The maximum atomic E-state index is 10.6. The molecule has 0 aromatic rings. The van der Waals surface area contributed by atoms with Crippen LogP contribution >= 0.6 is 0 Å². The largest absolute Gasteiger partial charge is 0.490 e. The number of amides is 1. The third-order valence-electron chi connectivity index (χ3n) is 1.77. The van der Waals surface area contributed by atoms with E-state index in [1.807, 2.05) is 0 Å². The number of halogens is 3. The normalized spacial score (nSPS) is 9.37. The number of hydrazine groups is 1. The Hall–Kier alpha value is -1.31. The highest BCUT2D eigenvalue weighted by atomic mass is 19.4. The van der Waals surface area contributed by atoms with E-state index in [2.05, 4.69) is 19.7 Å². The number of hydrogen-bond donors (Lipinski definition) is 3. The fourth-order valence-electron chi connectivity index (χ4n) is 0.854. The average Bonchev–Trinajstić information content (AvgIpc) is 2.35. The summed E-state index contributed by atoms with van der Waals surface area (Å²) in [5.41, 5.74) is 1.75. The van der Waals surface area contributed by atoms with Crippen molar-refractivity contribution in [2.45, 2.75) is 58.5 Å². The molecule has 0 fully saturated rings. The van der Waals surface area contributed by atoms with E-state index in [4.69, 9.17) is 14.7 Å². The van der Waals surface area contributed by atoms with Gasteiger partial charge in [-0.2, -0.15) is 13.2 Å². The molecule has 5 nitrogen and oxygen atoms in total. The molecule has 19 heavy (non-hydrogen) atoms. The van der Waals surface area contributed by atoms with Crippen LogP contribution in [0.4, 0.5) is 13.2 Å². The number of carbonyl (C=O) groups is 2. The van der Waals surface area contributed by atoms with Gasteiger partial charge in [0.1, 0.15) is 0 Å². The molecule has 1 amide bonds. The van der Waals surface area contributed by atoms with Gasteiger partial charge in [-0.25, -0.2) is 10.6 Å². The Kier molecular flexibility index (Phi) is 20.1. The fraction of sp³-hybridized carbons (Fsp3) is 0.818. The van der Waals surface area contributed by atoms with Gasteiger partial charge in [-0.15, -0.1) is 0 Å². The lowest BCUT2D eigenvalue weighted by Gasteiger charge is -1.93. The minimum absolute atomic E-state index is 0.403. The number of aliphatic carboxylic acids is 1. The SMILES string of the molecule is CCCCCCCC.NNC=O.O=C(O)C(F)(F)F. The molecule has 0 heterocycles. The summed E-state index contributed by atoms with van der Waals surface area (Å²) in [4.78, 5) is 17.8. The summed E-state index contributed by atoms with van der Waals surface area (Å²) < 4.78 is 31.7. The van der Waals surface area contributed by atoms with Crippen molar-refractivity contribution in [2.24, 2.45) is 5.84 Å². The second-order valence-corrected chi connectivity index (χ2v) is 3.50. The highest BCUT2D eigenvalue weighted by molar-refractivity contribution is 5.73. The van der Waals surface area contributed by atoms with Crippen LogP contribution in [0, 0.1) is 0 Å². The zero-order valence-electron chi connectivity index (χ0n) is 11.3. The lowest BCUT2D eigenvalue weighted by atomic mass is 10.1. The fourth-order valence-corrected chi connectivity index (χ4v) is 0.854. The predicted octanol–water partition coefficient (Wildman–Crippen LogP) is 2.61. The monoisotopic (exact) mass is 288 g/mol. The van der Waals surface area contributed by atoms with E-state index in [-0.39, 0.29) is 0 Å². The molecule has 0 saturated heterocycles. The number of unbranched alkanes of at least 4 members (excludes halogenated alkanes) is 5. The van der Waals surface area contributed by atoms with E-state index in [1.54, 1.807) is 5.43 Å². The summed E-state index contributed by atoms with van der Waals surface area (Å²) in [6, 6.07) is 0. The van der Waals surface area contributed by atoms with Crippen molar-refractivity contribution in [1.82, 2.24) is 5.43 Å². The molecule has 0 unspecified atom stereocenters. The zero-order chi connectivity index (χ0) is 15.7. The van der Waals surface area contributed by atoms with Crippen LogP contribution in [0.15, 0.2) is 0 Å². The second-order valence-electron chi connectivity index (χ2n) is 3.50. The first kappa shape index (κ1) is 22.8. The molecule has 8 heteroatoms. The number of rotatable bonds is 6. The molecule has 4 N–H and O–H groups in total. The van der Waals surface area contributed by atoms with Gasteiger partial charge in [0.25, 0.3) is 0 Å². The first-order valence-electron chi connectivity index (χ1n) is 5.97. The van der Waals surface area contributed by atoms with Gasteiger partial charge in [0.15, 0.2) is 0 Å². The van der Waals surface area contributed by atoms with Gasteiger partial charge in [-0.05, 0) is 0 Å². The molecule has 0 aliphatic heterocycles. The molecule has 0 radical (unpaired) electrons. The Balaban J connectivity index is -0.000000214. The summed E-state index contributed by atoms with van der Waals surface area (Å²) in [6.07, 6.45) is 3.81. The summed E-state index contributed by atoms with van der Waals surface area (Å²) in [5.74, 6) is 1.65. The Morgan fingerprint density at radius 3 is 1.53 bits per heavy atom. The molecule has 0 saturated carbocycles. The molecular weight excluding hydrogens is 265 g/mol. The van der Waals surface area contributed by atoms with Gasteiger partial charge in [0.05, 0.1) is 0 Å². The number of hydrogen-bond acceptors (Lipinski definition) is 3. The topological polar surface area (TPSA) is 92.4 Å². The van der Waals surface area contributed by atoms with Crippen LogP contribution in [-0.4, -0.2) is 23.7 Å². The Labute approximate surface area is 111 Å². The molecular formula is C11H23F3N2O3. The maximum Gasteiger partial charge on any atom is 0.490 e. The Morgan fingerprint density at radius 1 is 1.16 bits per heavy atom. The Bertz CT molecular complexity index is 206. The van der Waals surface area contributed by atoms with Crippen LogP contribution in [0.1, 0.15) is 52.4 Å². The standard InChI is InChI=1S/C8H18.C2HF3O2.CH4N2O/c1-3-5-7-8-6-4-2;3-2(4,5)1(6)7;2-3-1-4/h3-8H2,1-2H3;(H,6,7);1H,2H2,(H,3,4). The smallest absolute Gasteiger partial charge is 0.475 e. The molecule has 0 spiro atoms. The molecule has 0 bridgehead atoms.